The van der Waals surface area contributed by atoms with Crippen LogP contribution in [0, 0.1) is 23.7 Å². The SMILES string of the molecule is O=C(O)c1occc1CNC1C2C3CCC(C3)C12. The Morgan fingerprint density at radius 3 is 2.78 bits per heavy atom. The molecule has 4 heteroatoms. The lowest BCUT2D eigenvalue weighted by molar-refractivity contribution is 0.0660. The first-order valence-corrected chi connectivity index (χ1v) is 6.79. The molecule has 4 atom stereocenters. The maximum atomic E-state index is 10.9. The number of fused-ring (bicyclic) bond motifs is 5. The lowest BCUT2D eigenvalue weighted by Gasteiger charge is -2.09. The average molecular weight is 247 g/mol. The summed E-state index contributed by atoms with van der Waals surface area (Å²) in [5.74, 6) is 2.75. The third-order valence-electron chi connectivity index (χ3n) is 5.20. The van der Waals surface area contributed by atoms with Gasteiger partial charge in [-0.05, 0) is 49.0 Å². The van der Waals surface area contributed by atoms with Crippen LogP contribution in [0.4, 0.5) is 0 Å². The molecular weight excluding hydrogens is 230 g/mol. The molecule has 1 heterocycles. The van der Waals surface area contributed by atoms with Crippen LogP contribution in [0.2, 0.25) is 0 Å². The summed E-state index contributed by atoms with van der Waals surface area (Å²) in [7, 11) is 0. The smallest absolute Gasteiger partial charge is 0.372 e. The van der Waals surface area contributed by atoms with Crippen molar-refractivity contribution in [1.29, 1.82) is 0 Å². The van der Waals surface area contributed by atoms with Crippen molar-refractivity contribution in [3.8, 4) is 0 Å². The Kier molecular flexibility index (Phi) is 2.13. The maximum absolute atomic E-state index is 10.9. The van der Waals surface area contributed by atoms with Crippen LogP contribution in [-0.4, -0.2) is 17.1 Å². The van der Waals surface area contributed by atoms with Gasteiger partial charge >= 0.3 is 5.97 Å². The molecule has 0 spiro atoms. The molecule has 0 amide bonds. The van der Waals surface area contributed by atoms with Gasteiger partial charge in [-0.1, -0.05) is 0 Å². The van der Waals surface area contributed by atoms with E-state index in [4.69, 9.17) is 9.52 Å². The summed E-state index contributed by atoms with van der Waals surface area (Å²) in [6, 6.07) is 2.39. The van der Waals surface area contributed by atoms with Crippen LogP contribution in [0.3, 0.4) is 0 Å². The van der Waals surface area contributed by atoms with Gasteiger partial charge in [0.25, 0.3) is 0 Å². The molecule has 3 saturated carbocycles. The van der Waals surface area contributed by atoms with Crippen LogP contribution < -0.4 is 5.32 Å². The van der Waals surface area contributed by atoms with Gasteiger partial charge in [0.15, 0.2) is 0 Å². The summed E-state index contributed by atoms with van der Waals surface area (Å²) in [6.45, 7) is 0.620. The van der Waals surface area contributed by atoms with Gasteiger partial charge in [-0.3, -0.25) is 0 Å². The van der Waals surface area contributed by atoms with Crippen molar-refractivity contribution < 1.29 is 14.3 Å². The van der Waals surface area contributed by atoms with Crippen molar-refractivity contribution in [3.63, 3.8) is 0 Å². The highest BCUT2D eigenvalue weighted by atomic mass is 16.4. The number of furan rings is 1. The molecule has 4 rings (SSSR count). The molecule has 3 aliphatic rings. The van der Waals surface area contributed by atoms with E-state index >= 15 is 0 Å². The molecule has 3 aliphatic carbocycles. The highest BCUT2D eigenvalue weighted by Crippen LogP contribution is 2.65. The fourth-order valence-electron chi connectivity index (χ4n) is 4.49. The summed E-state index contributed by atoms with van der Waals surface area (Å²) >= 11 is 0. The minimum absolute atomic E-state index is 0.0799. The molecule has 3 fully saturated rings. The van der Waals surface area contributed by atoms with E-state index in [1.165, 1.54) is 25.5 Å². The topological polar surface area (TPSA) is 62.5 Å². The Morgan fingerprint density at radius 1 is 1.39 bits per heavy atom. The normalized spacial score (nSPS) is 39.9. The minimum Gasteiger partial charge on any atom is -0.475 e. The van der Waals surface area contributed by atoms with Crippen LogP contribution in [0.5, 0.6) is 0 Å². The van der Waals surface area contributed by atoms with Crippen LogP contribution in [-0.2, 0) is 6.54 Å². The number of hydrogen-bond donors (Lipinski definition) is 2. The zero-order chi connectivity index (χ0) is 12.3. The van der Waals surface area contributed by atoms with Gasteiger partial charge in [-0.2, -0.15) is 0 Å². The third-order valence-corrected chi connectivity index (χ3v) is 5.20. The Morgan fingerprint density at radius 2 is 2.11 bits per heavy atom. The lowest BCUT2D eigenvalue weighted by atomic mass is 10.0. The van der Waals surface area contributed by atoms with Gasteiger partial charge in [0, 0.05) is 18.2 Å². The average Bonchev–Trinajstić information content (AvgIpc) is 2.80. The molecule has 1 aromatic rings. The molecule has 96 valence electrons. The second-order valence-electron chi connectivity index (χ2n) is 5.97. The predicted octanol–water partition coefficient (Wildman–Crippen LogP) is 2.11. The molecule has 0 aliphatic heterocycles. The van der Waals surface area contributed by atoms with E-state index in [2.05, 4.69) is 5.32 Å². The van der Waals surface area contributed by atoms with Gasteiger partial charge in [0.1, 0.15) is 0 Å². The van der Waals surface area contributed by atoms with E-state index in [0.29, 0.717) is 12.6 Å². The van der Waals surface area contributed by atoms with Gasteiger partial charge in [0.2, 0.25) is 5.76 Å². The van der Waals surface area contributed by atoms with Crippen molar-refractivity contribution >= 4 is 5.97 Å². The summed E-state index contributed by atoms with van der Waals surface area (Å²) in [5, 5.41) is 12.5. The van der Waals surface area contributed by atoms with Gasteiger partial charge in [0.05, 0.1) is 6.26 Å². The monoisotopic (exact) mass is 247 g/mol. The van der Waals surface area contributed by atoms with Crippen molar-refractivity contribution in [1.82, 2.24) is 5.32 Å². The second-order valence-corrected chi connectivity index (χ2v) is 5.97. The zero-order valence-corrected chi connectivity index (χ0v) is 10.1. The van der Waals surface area contributed by atoms with Crippen LogP contribution >= 0.6 is 0 Å². The number of carbonyl (C=O) groups is 1. The first kappa shape index (κ1) is 10.6. The maximum Gasteiger partial charge on any atom is 0.372 e. The van der Waals surface area contributed by atoms with E-state index < -0.39 is 5.97 Å². The molecule has 0 radical (unpaired) electrons. The highest BCUT2D eigenvalue weighted by molar-refractivity contribution is 5.86. The van der Waals surface area contributed by atoms with Crippen LogP contribution in [0.1, 0.15) is 35.4 Å². The quantitative estimate of drug-likeness (QED) is 0.855. The molecule has 4 unspecified atom stereocenters. The number of carboxylic acids is 1. The van der Waals surface area contributed by atoms with Gasteiger partial charge < -0.3 is 14.8 Å². The fourth-order valence-corrected chi connectivity index (χ4v) is 4.49. The fraction of sp³-hybridized carbons (Fsp3) is 0.643. The van der Waals surface area contributed by atoms with Crippen LogP contribution in [0.15, 0.2) is 16.7 Å². The van der Waals surface area contributed by atoms with E-state index in [9.17, 15) is 4.79 Å². The second kappa shape index (κ2) is 3.60. The Bertz CT molecular complexity index is 479. The van der Waals surface area contributed by atoms with E-state index in [-0.39, 0.29) is 5.76 Å². The first-order chi connectivity index (χ1) is 8.75. The van der Waals surface area contributed by atoms with E-state index in [0.717, 1.165) is 29.2 Å². The predicted molar refractivity (Wildman–Crippen MR) is 64.1 cm³/mol. The molecule has 2 N–H and O–H groups in total. The lowest BCUT2D eigenvalue weighted by Crippen LogP contribution is -2.23. The van der Waals surface area contributed by atoms with Gasteiger partial charge in [-0.25, -0.2) is 4.79 Å². The molecule has 4 nitrogen and oxygen atoms in total. The van der Waals surface area contributed by atoms with E-state index in [1.54, 1.807) is 6.07 Å². The largest absolute Gasteiger partial charge is 0.475 e. The highest BCUT2D eigenvalue weighted by Gasteiger charge is 2.64. The summed E-state index contributed by atoms with van der Waals surface area (Å²) in [5.41, 5.74) is 0.764. The Balaban J connectivity index is 1.40. The number of rotatable bonds is 4. The molecule has 1 aromatic heterocycles. The Hall–Kier alpha value is -1.29. The molecule has 0 saturated heterocycles. The van der Waals surface area contributed by atoms with Gasteiger partial charge in [-0.15, -0.1) is 0 Å². The van der Waals surface area contributed by atoms with Crippen molar-refractivity contribution in [3.05, 3.63) is 23.7 Å². The number of nitrogens with one attached hydrogen (secondary N) is 1. The Labute approximate surface area is 105 Å². The molecular formula is C14H17NO3. The molecule has 2 bridgehead atoms. The third kappa shape index (κ3) is 1.38. The number of carboxylic acid groups (broad SMARTS) is 1. The molecule has 0 aromatic carbocycles. The summed E-state index contributed by atoms with van der Waals surface area (Å²) < 4.78 is 4.99. The van der Waals surface area contributed by atoms with Crippen molar-refractivity contribution in [2.24, 2.45) is 23.7 Å². The first-order valence-electron chi connectivity index (χ1n) is 6.79. The van der Waals surface area contributed by atoms with Crippen LogP contribution in [0.25, 0.3) is 0 Å². The number of hydrogen-bond acceptors (Lipinski definition) is 3. The van der Waals surface area contributed by atoms with Crippen molar-refractivity contribution in [2.75, 3.05) is 0 Å². The standard InChI is InChI=1S/C14H17NO3/c16-14(17)13-9(3-4-18-13)6-15-12-10-7-1-2-8(5-7)11(10)12/h3-4,7-8,10-12,15H,1-2,5-6H2,(H,16,17). The zero-order valence-electron chi connectivity index (χ0n) is 10.1. The number of aromatic carboxylic acids is 1. The van der Waals surface area contributed by atoms with Crippen molar-refractivity contribution in [2.45, 2.75) is 31.8 Å². The summed E-state index contributed by atoms with van der Waals surface area (Å²) in [4.78, 5) is 10.9. The molecule has 18 heavy (non-hydrogen) atoms. The summed E-state index contributed by atoms with van der Waals surface area (Å²) in [6.07, 6.45) is 5.73. The van der Waals surface area contributed by atoms with E-state index in [1.807, 2.05) is 0 Å². The minimum atomic E-state index is -0.979.